The van der Waals surface area contributed by atoms with E-state index in [0.29, 0.717) is 5.92 Å². The van der Waals surface area contributed by atoms with Crippen LogP contribution in [0, 0.1) is 20.8 Å². The van der Waals surface area contributed by atoms with Crippen LogP contribution in [0.3, 0.4) is 0 Å². The van der Waals surface area contributed by atoms with Gasteiger partial charge in [-0.1, -0.05) is 44.9 Å². The van der Waals surface area contributed by atoms with Crippen molar-refractivity contribution < 1.29 is 4.57 Å². The fraction of sp³-hybridized carbons (Fsp3) is 0.464. The Morgan fingerprint density at radius 3 is 2.41 bits per heavy atom. The molecule has 152 valence electrons. The van der Waals surface area contributed by atoms with Crippen molar-refractivity contribution >= 4 is 10.8 Å². The van der Waals surface area contributed by atoms with E-state index in [0.717, 1.165) is 5.92 Å². The second kappa shape index (κ2) is 7.94. The Kier molecular flexibility index (Phi) is 5.51. The monoisotopic (exact) mass is 386 g/mol. The van der Waals surface area contributed by atoms with Crippen LogP contribution >= 0.6 is 0 Å². The maximum atomic E-state index is 2.51. The summed E-state index contributed by atoms with van der Waals surface area (Å²) in [5.74, 6) is 1.35. The van der Waals surface area contributed by atoms with Gasteiger partial charge in [0.2, 0.25) is 5.69 Å². The van der Waals surface area contributed by atoms with E-state index in [1.807, 2.05) is 0 Å². The molecule has 1 atom stereocenters. The van der Waals surface area contributed by atoms with Crippen LogP contribution in [0.25, 0.3) is 22.0 Å². The van der Waals surface area contributed by atoms with Gasteiger partial charge in [-0.15, -0.1) is 0 Å². The summed E-state index contributed by atoms with van der Waals surface area (Å²) in [5.41, 5.74) is 9.95. The summed E-state index contributed by atoms with van der Waals surface area (Å²) in [4.78, 5) is 0. The second-order valence-electron chi connectivity index (χ2n) is 9.34. The Bertz CT molecular complexity index is 1050. The van der Waals surface area contributed by atoms with Gasteiger partial charge in [0.15, 0.2) is 5.69 Å². The average molecular weight is 387 g/mol. The molecular formula is C28H36N+. The molecular weight excluding hydrogens is 350 g/mol. The fourth-order valence-electron chi connectivity index (χ4n) is 5.09. The summed E-state index contributed by atoms with van der Waals surface area (Å²) in [6.45, 7) is 11.4. The second-order valence-corrected chi connectivity index (χ2v) is 9.34. The third-order valence-corrected chi connectivity index (χ3v) is 7.51. The van der Waals surface area contributed by atoms with Gasteiger partial charge in [0.05, 0.1) is 10.9 Å². The van der Waals surface area contributed by atoms with Gasteiger partial charge in [0, 0.05) is 13.0 Å². The van der Waals surface area contributed by atoms with Crippen molar-refractivity contribution in [2.75, 3.05) is 0 Å². The first kappa shape index (κ1) is 20.1. The first-order valence-electron chi connectivity index (χ1n) is 11.5. The SMILES string of the molecule is CCC(C)c1ccc2c(-c3cc(C4CCCC4)cc(C)c3C)[n+](C)c(C)cc2c1. The van der Waals surface area contributed by atoms with Gasteiger partial charge < -0.3 is 0 Å². The molecule has 29 heavy (non-hydrogen) atoms. The first-order chi connectivity index (χ1) is 13.9. The van der Waals surface area contributed by atoms with E-state index in [1.165, 1.54) is 76.5 Å². The highest BCUT2D eigenvalue weighted by Gasteiger charge is 2.24. The summed E-state index contributed by atoms with van der Waals surface area (Å²) in [5, 5.41) is 2.74. The van der Waals surface area contributed by atoms with Crippen LogP contribution in [0.1, 0.15) is 85.7 Å². The highest BCUT2D eigenvalue weighted by molar-refractivity contribution is 5.94. The number of rotatable bonds is 4. The molecule has 1 nitrogen and oxygen atoms in total. The van der Waals surface area contributed by atoms with Gasteiger partial charge in [-0.3, -0.25) is 0 Å². The molecule has 0 bridgehead atoms. The lowest BCUT2D eigenvalue weighted by Gasteiger charge is -2.17. The standard InChI is InChI=1S/C28H36N/c1-7-18(2)23-12-13-26-25(16-23)15-20(4)29(6)28(26)27-17-24(14-19(3)21(27)5)22-10-8-9-11-22/h12-18,22H,7-11H2,1-6H3/q+1. The minimum atomic E-state index is 0.604. The van der Waals surface area contributed by atoms with Gasteiger partial charge in [0.25, 0.3) is 0 Å². The molecule has 1 heterocycles. The number of nitrogens with zero attached hydrogens (tertiary/aromatic N) is 1. The number of pyridine rings is 1. The zero-order chi connectivity index (χ0) is 20.7. The van der Waals surface area contributed by atoms with Gasteiger partial charge in [-0.05, 0) is 84.7 Å². The molecule has 0 N–H and O–H groups in total. The summed E-state index contributed by atoms with van der Waals surface area (Å²) < 4.78 is 2.39. The highest BCUT2D eigenvalue weighted by Crippen LogP contribution is 2.39. The summed E-state index contributed by atoms with van der Waals surface area (Å²) >= 11 is 0. The molecule has 3 aromatic rings. The van der Waals surface area contributed by atoms with Gasteiger partial charge in [-0.2, -0.15) is 4.57 Å². The molecule has 0 amide bonds. The van der Waals surface area contributed by atoms with Crippen molar-refractivity contribution in [2.45, 2.75) is 78.6 Å². The molecule has 1 aliphatic rings. The first-order valence-corrected chi connectivity index (χ1v) is 11.5. The summed E-state index contributed by atoms with van der Waals surface area (Å²) in [7, 11) is 2.23. The lowest BCUT2D eigenvalue weighted by atomic mass is 9.88. The van der Waals surface area contributed by atoms with Gasteiger partial charge >= 0.3 is 0 Å². The largest absolute Gasteiger partial charge is 0.220 e. The maximum absolute atomic E-state index is 2.51. The molecule has 1 aromatic heterocycles. The van der Waals surface area contributed by atoms with E-state index in [9.17, 15) is 0 Å². The van der Waals surface area contributed by atoms with Gasteiger partial charge in [-0.25, -0.2) is 0 Å². The molecule has 0 radical (unpaired) electrons. The molecule has 1 aliphatic carbocycles. The topological polar surface area (TPSA) is 3.88 Å². The molecule has 4 rings (SSSR count). The van der Waals surface area contributed by atoms with Crippen LogP contribution in [-0.4, -0.2) is 0 Å². The predicted molar refractivity (Wildman–Crippen MR) is 125 cm³/mol. The van der Waals surface area contributed by atoms with E-state index in [1.54, 1.807) is 5.56 Å². The quantitative estimate of drug-likeness (QED) is 0.410. The molecule has 1 heteroatoms. The van der Waals surface area contributed by atoms with Crippen LogP contribution in [0.4, 0.5) is 0 Å². The molecule has 2 aromatic carbocycles. The van der Waals surface area contributed by atoms with Crippen LogP contribution in [0.15, 0.2) is 36.4 Å². The van der Waals surface area contributed by atoms with Crippen molar-refractivity contribution in [3.05, 3.63) is 64.3 Å². The van der Waals surface area contributed by atoms with E-state index in [2.05, 4.69) is 82.6 Å². The highest BCUT2D eigenvalue weighted by atomic mass is 14.9. The minimum Gasteiger partial charge on any atom is -0.198 e. The van der Waals surface area contributed by atoms with E-state index in [-0.39, 0.29) is 0 Å². The summed E-state index contributed by atoms with van der Waals surface area (Å²) in [6, 6.07) is 14.4. The third kappa shape index (κ3) is 3.61. The van der Waals surface area contributed by atoms with Crippen LogP contribution in [0.2, 0.25) is 0 Å². The molecule has 0 aliphatic heterocycles. The normalized spacial score (nSPS) is 15.9. The lowest BCUT2D eigenvalue weighted by molar-refractivity contribution is -0.665. The third-order valence-electron chi connectivity index (χ3n) is 7.51. The Labute approximate surface area is 176 Å². The number of benzene rings is 2. The minimum absolute atomic E-state index is 0.604. The van der Waals surface area contributed by atoms with E-state index in [4.69, 9.17) is 0 Å². The zero-order valence-electron chi connectivity index (χ0n) is 19.1. The number of aromatic nitrogens is 1. The van der Waals surface area contributed by atoms with E-state index >= 15 is 0 Å². The number of hydrogen-bond acceptors (Lipinski definition) is 0. The fourth-order valence-corrected chi connectivity index (χ4v) is 5.09. The number of fused-ring (bicyclic) bond motifs is 1. The Morgan fingerprint density at radius 1 is 1.00 bits per heavy atom. The van der Waals surface area contributed by atoms with Crippen LogP contribution in [0.5, 0.6) is 0 Å². The molecule has 0 spiro atoms. The molecule has 1 saturated carbocycles. The Hall–Kier alpha value is -2.15. The van der Waals surface area contributed by atoms with Crippen molar-refractivity contribution in [2.24, 2.45) is 7.05 Å². The zero-order valence-corrected chi connectivity index (χ0v) is 19.1. The van der Waals surface area contributed by atoms with E-state index < -0.39 is 0 Å². The lowest BCUT2D eigenvalue weighted by Crippen LogP contribution is -2.35. The smallest absolute Gasteiger partial charge is 0.198 e. The van der Waals surface area contributed by atoms with Crippen LogP contribution < -0.4 is 4.57 Å². The average Bonchev–Trinajstić information content (AvgIpc) is 3.25. The Balaban J connectivity index is 1.96. The van der Waals surface area contributed by atoms with Crippen molar-refractivity contribution in [3.63, 3.8) is 0 Å². The Morgan fingerprint density at radius 2 is 1.72 bits per heavy atom. The predicted octanol–water partition coefficient (Wildman–Crippen LogP) is 7.43. The summed E-state index contributed by atoms with van der Waals surface area (Å²) in [6.07, 6.45) is 6.64. The molecule has 0 saturated heterocycles. The number of aryl methyl sites for hydroxylation is 2. The number of hydrogen-bond donors (Lipinski definition) is 0. The van der Waals surface area contributed by atoms with Gasteiger partial charge in [0.1, 0.15) is 7.05 Å². The van der Waals surface area contributed by atoms with Crippen molar-refractivity contribution in [3.8, 4) is 11.3 Å². The van der Waals surface area contributed by atoms with Crippen molar-refractivity contribution in [1.82, 2.24) is 0 Å². The van der Waals surface area contributed by atoms with Crippen LogP contribution in [-0.2, 0) is 7.05 Å². The molecule has 1 unspecified atom stereocenters. The van der Waals surface area contributed by atoms with Crippen molar-refractivity contribution in [1.29, 1.82) is 0 Å². The molecule has 1 fully saturated rings. The maximum Gasteiger partial charge on any atom is 0.220 e.